The number of nitrogens with zero attached hydrogens (tertiary/aromatic N) is 4. The third kappa shape index (κ3) is 5.12. The number of halogens is 1. The highest BCUT2D eigenvalue weighted by atomic mass is 35.5. The number of methoxy groups -OCH3 is 1. The van der Waals surface area contributed by atoms with Gasteiger partial charge in [0.15, 0.2) is 5.13 Å². The Morgan fingerprint density at radius 3 is 2.67 bits per heavy atom. The van der Waals surface area contributed by atoms with E-state index in [0.29, 0.717) is 34.6 Å². The van der Waals surface area contributed by atoms with Crippen molar-refractivity contribution in [2.75, 3.05) is 25.1 Å². The smallest absolute Gasteiger partial charge is 0.252 e. The molecule has 0 bridgehead atoms. The topological polar surface area (TPSA) is 92.7 Å². The monoisotopic (exact) mass is 562 g/mol. The first-order chi connectivity index (χ1) is 17.3. The summed E-state index contributed by atoms with van der Waals surface area (Å²) in [5.74, 6) is 0.313. The van der Waals surface area contributed by atoms with E-state index in [4.69, 9.17) is 21.3 Å². The molecule has 8 nitrogen and oxygen atoms in total. The van der Waals surface area contributed by atoms with Crippen molar-refractivity contribution in [2.45, 2.75) is 23.6 Å². The van der Waals surface area contributed by atoms with Gasteiger partial charge in [-0.25, -0.2) is 13.4 Å². The molecule has 1 saturated heterocycles. The lowest BCUT2D eigenvalue weighted by atomic mass is 9.96. The van der Waals surface area contributed by atoms with E-state index in [9.17, 15) is 13.2 Å². The summed E-state index contributed by atoms with van der Waals surface area (Å²) in [7, 11) is -2.02. The van der Waals surface area contributed by atoms with E-state index in [1.54, 1.807) is 30.5 Å². The van der Waals surface area contributed by atoms with Gasteiger partial charge < -0.3 is 4.74 Å². The first kappa shape index (κ1) is 25.1. The molecule has 0 N–H and O–H groups in total. The molecule has 0 unspecified atom stereocenters. The lowest BCUT2D eigenvalue weighted by molar-refractivity contribution is -0.123. The second-order valence-corrected chi connectivity index (χ2v) is 13.2. The SMILES string of the molecule is COc1ccc2sc(N(Cc3cccnc3)C(=O)C3CCN(S(=O)(=O)c4ccc(Cl)s4)CC3)nc2c1. The zero-order valence-electron chi connectivity index (χ0n) is 19.3. The third-order valence-electron chi connectivity index (χ3n) is 6.09. The van der Waals surface area contributed by atoms with E-state index in [2.05, 4.69) is 4.98 Å². The molecule has 0 aliphatic carbocycles. The van der Waals surface area contributed by atoms with Crippen LogP contribution in [0.2, 0.25) is 4.34 Å². The number of ether oxygens (including phenoxy) is 1. The number of fused-ring (bicyclic) bond motifs is 1. The zero-order chi connectivity index (χ0) is 25.3. The van der Waals surface area contributed by atoms with E-state index in [-0.39, 0.29) is 29.1 Å². The number of thiazole rings is 1. The molecule has 5 rings (SSSR count). The molecule has 3 aromatic heterocycles. The molecule has 1 amide bonds. The van der Waals surface area contributed by atoms with E-state index in [1.807, 2.05) is 30.3 Å². The molecular weight excluding hydrogens is 540 g/mol. The number of aromatic nitrogens is 2. The van der Waals surface area contributed by atoms with Crippen LogP contribution in [0.4, 0.5) is 5.13 Å². The Bertz CT molecular complexity index is 1480. The Kier molecular flexibility index (Phi) is 7.27. The fourth-order valence-corrected chi connectivity index (χ4v) is 8.24. The number of hydrogen-bond donors (Lipinski definition) is 0. The van der Waals surface area contributed by atoms with Gasteiger partial charge in [-0.3, -0.25) is 14.7 Å². The Labute approximate surface area is 222 Å². The summed E-state index contributed by atoms with van der Waals surface area (Å²) in [6, 6.07) is 12.5. The first-order valence-corrected chi connectivity index (χ1v) is 14.7. The number of carbonyl (C=O) groups excluding carboxylic acids is 1. The molecule has 36 heavy (non-hydrogen) atoms. The largest absolute Gasteiger partial charge is 0.497 e. The van der Waals surface area contributed by atoms with Gasteiger partial charge in [0.05, 0.1) is 28.2 Å². The van der Waals surface area contributed by atoms with Crippen molar-refractivity contribution < 1.29 is 17.9 Å². The highest BCUT2D eigenvalue weighted by Gasteiger charge is 2.35. The number of benzene rings is 1. The summed E-state index contributed by atoms with van der Waals surface area (Å²) >= 11 is 8.43. The average molecular weight is 563 g/mol. The van der Waals surface area contributed by atoms with Gasteiger partial charge in [0.2, 0.25) is 5.91 Å². The maximum Gasteiger partial charge on any atom is 0.252 e. The van der Waals surface area contributed by atoms with Crippen molar-refractivity contribution in [2.24, 2.45) is 5.92 Å². The molecule has 1 aliphatic heterocycles. The number of thiophene rings is 1. The molecule has 0 atom stereocenters. The van der Waals surface area contributed by atoms with Crippen molar-refractivity contribution in [3.63, 3.8) is 0 Å². The molecular formula is C24H23ClN4O4S3. The van der Waals surface area contributed by atoms with E-state index in [1.165, 1.54) is 21.7 Å². The van der Waals surface area contributed by atoms with Gasteiger partial charge in [0.1, 0.15) is 9.96 Å². The lowest BCUT2D eigenvalue weighted by Gasteiger charge is -2.32. The Balaban J connectivity index is 1.38. The highest BCUT2D eigenvalue weighted by molar-refractivity contribution is 7.91. The van der Waals surface area contributed by atoms with Gasteiger partial charge in [-0.15, -0.1) is 11.3 Å². The van der Waals surface area contributed by atoms with E-state index >= 15 is 0 Å². The summed E-state index contributed by atoms with van der Waals surface area (Å²) < 4.78 is 34.3. The van der Waals surface area contributed by atoms with Crippen LogP contribution in [0.1, 0.15) is 18.4 Å². The fourth-order valence-electron chi connectivity index (χ4n) is 4.18. The van der Waals surface area contributed by atoms with Crippen LogP contribution >= 0.6 is 34.3 Å². The van der Waals surface area contributed by atoms with Crippen LogP contribution in [-0.4, -0.2) is 48.8 Å². The predicted molar refractivity (Wildman–Crippen MR) is 142 cm³/mol. The Hall–Kier alpha value is -2.57. The summed E-state index contributed by atoms with van der Waals surface area (Å²) in [4.78, 5) is 24.4. The molecule has 1 aliphatic rings. The second-order valence-electron chi connectivity index (χ2n) is 8.35. The zero-order valence-corrected chi connectivity index (χ0v) is 22.5. The third-order valence-corrected chi connectivity index (χ3v) is 10.7. The molecule has 12 heteroatoms. The van der Waals surface area contributed by atoms with Crippen LogP contribution < -0.4 is 9.64 Å². The molecule has 0 spiro atoms. The van der Waals surface area contributed by atoms with Gasteiger partial charge in [-0.1, -0.05) is 29.0 Å². The van der Waals surface area contributed by atoms with Crippen LogP contribution in [0.3, 0.4) is 0 Å². The molecule has 0 saturated carbocycles. The van der Waals surface area contributed by atoms with Gasteiger partial charge in [0.25, 0.3) is 10.0 Å². The Morgan fingerprint density at radius 1 is 1.19 bits per heavy atom. The summed E-state index contributed by atoms with van der Waals surface area (Å²) in [5.41, 5.74) is 1.64. The van der Waals surface area contributed by atoms with Crippen molar-refractivity contribution in [1.29, 1.82) is 0 Å². The van der Waals surface area contributed by atoms with Gasteiger partial charge in [-0.2, -0.15) is 4.31 Å². The minimum atomic E-state index is -3.62. The van der Waals surface area contributed by atoms with Crippen LogP contribution in [0, 0.1) is 5.92 Å². The van der Waals surface area contributed by atoms with Crippen LogP contribution in [0.25, 0.3) is 10.2 Å². The quantitative estimate of drug-likeness (QED) is 0.313. The van der Waals surface area contributed by atoms with Crippen molar-refractivity contribution in [3.8, 4) is 5.75 Å². The van der Waals surface area contributed by atoms with Crippen LogP contribution in [-0.2, 0) is 21.4 Å². The normalized spacial score (nSPS) is 15.3. The summed E-state index contributed by atoms with van der Waals surface area (Å²) in [5, 5.41) is 0.593. The summed E-state index contributed by atoms with van der Waals surface area (Å²) in [6.45, 7) is 0.869. The van der Waals surface area contributed by atoms with Gasteiger partial charge >= 0.3 is 0 Å². The van der Waals surface area contributed by atoms with Crippen molar-refractivity contribution in [3.05, 3.63) is 64.8 Å². The van der Waals surface area contributed by atoms with Gasteiger partial charge in [-0.05, 0) is 48.7 Å². The molecule has 0 radical (unpaired) electrons. The maximum absolute atomic E-state index is 13.8. The Morgan fingerprint density at radius 2 is 2.00 bits per heavy atom. The molecule has 1 fully saturated rings. The number of hydrogen-bond acceptors (Lipinski definition) is 8. The number of carbonyl (C=O) groups is 1. The highest BCUT2D eigenvalue weighted by Crippen LogP contribution is 2.35. The standard InChI is InChI=1S/C24H23ClN4O4S3/c1-33-18-4-5-20-19(13-18)27-24(34-20)29(15-16-3-2-10-26-14-16)23(30)17-8-11-28(12-9-17)36(31,32)22-7-6-21(25)35-22/h2-7,10,13-14,17H,8-9,11-12,15H2,1H3. The van der Waals surface area contributed by atoms with E-state index < -0.39 is 10.0 Å². The fraction of sp³-hybridized carbons (Fsp3) is 0.292. The molecule has 1 aromatic carbocycles. The van der Waals surface area contributed by atoms with Crippen LogP contribution in [0.5, 0.6) is 5.75 Å². The first-order valence-electron chi connectivity index (χ1n) is 11.3. The second kappa shape index (κ2) is 10.4. The van der Waals surface area contributed by atoms with Crippen molar-refractivity contribution >= 4 is 65.6 Å². The average Bonchev–Trinajstić information content (AvgIpc) is 3.53. The van der Waals surface area contributed by atoms with Gasteiger partial charge in [0, 0.05) is 37.5 Å². The lowest BCUT2D eigenvalue weighted by Crippen LogP contribution is -2.44. The number of anilines is 1. The molecule has 188 valence electrons. The number of sulfonamides is 1. The minimum absolute atomic E-state index is 0.0684. The number of pyridine rings is 1. The van der Waals surface area contributed by atoms with Crippen LogP contribution in [0.15, 0.2) is 59.1 Å². The number of piperidine rings is 1. The number of amides is 1. The van der Waals surface area contributed by atoms with E-state index in [0.717, 1.165) is 27.1 Å². The van der Waals surface area contributed by atoms with Crippen molar-refractivity contribution in [1.82, 2.24) is 14.3 Å². The summed E-state index contributed by atoms with van der Waals surface area (Å²) in [6.07, 6.45) is 4.29. The molecule has 4 aromatic rings. The number of rotatable bonds is 7. The maximum atomic E-state index is 13.8. The predicted octanol–water partition coefficient (Wildman–Crippen LogP) is 5.05. The molecule has 4 heterocycles. The minimum Gasteiger partial charge on any atom is -0.497 e.